The summed E-state index contributed by atoms with van der Waals surface area (Å²) in [6.45, 7) is 0.0231. The molecule has 5 nitrogen and oxygen atoms in total. The molecule has 0 bridgehead atoms. The molecule has 1 aromatic carbocycles. The molecule has 0 aliphatic rings. The lowest BCUT2D eigenvalue weighted by Gasteiger charge is -2.12. The molecule has 0 radical (unpaired) electrons. The zero-order chi connectivity index (χ0) is 14.6. The number of carbonyl (C=O) groups excluding carboxylic acids is 1. The van der Waals surface area contributed by atoms with Gasteiger partial charge in [0.25, 0.3) is 0 Å². The first-order valence-corrected chi connectivity index (χ1v) is 5.15. The van der Waals surface area contributed by atoms with Gasteiger partial charge in [-0.2, -0.15) is 13.2 Å². The molecular formula is C11H11F3N2O3. The van der Waals surface area contributed by atoms with E-state index < -0.39 is 24.7 Å². The molecule has 0 heterocycles. The Hall–Kier alpha value is -2.25. The highest BCUT2D eigenvalue weighted by atomic mass is 19.4. The fraction of sp³-hybridized carbons (Fsp3) is 0.273. The molecule has 0 spiro atoms. The van der Waals surface area contributed by atoms with E-state index in [1.807, 2.05) is 0 Å². The number of anilines is 1. The van der Waals surface area contributed by atoms with Crippen molar-refractivity contribution >= 4 is 17.7 Å². The highest BCUT2D eigenvalue weighted by molar-refractivity contribution is 6.01. The van der Waals surface area contributed by atoms with Crippen molar-refractivity contribution in [2.75, 3.05) is 11.9 Å². The normalized spacial score (nSPS) is 10.9. The minimum Gasteiger partial charge on any atom is -0.478 e. The molecule has 8 heteroatoms. The third kappa shape index (κ3) is 4.49. The molecule has 19 heavy (non-hydrogen) atoms. The summed E-state index contributed by atoms with van der Waals surface area (Å²) in [6.07, 6.45) is -4.53. The lowest BCUT2D eigenvalue weighted by atomic mass is 10.1. The van der Waals surface area contributed by atoms with Gasteiger partial charge in [-0.3, -0.25) is 0 Å². The fourth-order valence-corrected chi connectivity index (χ4v) is 1.40. The first-order valence-electron chi connectivity index (χ1n) is 5.15. The summed E-state index contributed by atoms with van der Waals surface area (Å²) in [5, 5.41) is 12.6. The number of nitrogens with one attached hydrogen (secondary N) is 2. The molecule has 2 amide bonds. The van der Waals surface area contributed by atoms with Crippen molar-refractivity contribution in [2.45, 2.75) is 13.1 Å². The number of hydrogen-bond acceptors (Lipinski definition) is 2. The van der Waals surface area contributed by atoms with E-state index in [9.17, 15) is 22.8 Å². The van der Waals surface area contributed by atoms with Crippen LogP contribution in [0.25, 0.3) is 0 Å². The van der Waals surface area contributed by atoms with Crippen molar-refractivity contribution in [3.8, 4) is 0 Å². The van der Waals surface area contributed by atoms with Crippen LogP contribution in [-0.4, -0.2) is 29.8 Å². The van der Waals surface area contributed by atoms with Crippen LogP contribution in [0.5, 0.6) is 0 Å². The van der Waals surface area contributed by atoms with Crippen LogP contribution in [-0.2, 0) is 0 Å². The zero-order valence-corrected chi connectivity index (χ0v) is 9.84. The topological polar surface area (TPSA) is 78.4 Å². The minimum atomic E-state index is -4.53. The smallest absolute Gasteiger partial charge is 0.405 e. The molecule has 1 aromatic rings. The first kappa shape index (κ1) is 14.8. The lowest BCUT2D eigenvalue weighted by molar-refractivity contribution is -0.122. The highest BCUT2D eigenvalue weighted by Gasteiger charge is 2.27. The van der Waals surface area contributed by atoms with E-state index in [-0.39, 0.29) is 11.3 Å². The van der Waals surface area contributed by atoms with Crippen molar-refractivity contribution in [3.63, 3.8) is 0 Å². The van der Waals surface area contributed by atoms with Gasteiger partial charge in [0.05, 0.1) is 11.3 Å². The molecule has 0 fully saturated rings. The molecule has 1 rings (SSSR count). The summed E-state index contributed by atoms with van der Waals surface area (Å²) in [6, 6.07) is 3.18. The summed E-state index contributed by atoms with van der Waals surface area (Å²) in [7, 11) is 0. The molecule has 104 valence electrons. The maximum absolute atomic E-state index is 11.9. The Morgan fingerprint density at radius 1 is 1.32 bits per heavy atom. The fourth-order valence-electron chi connectivity index (χ4n) is 1.40. The van der Waals surface area contributed by atoms with Gasteiger partial charge in [0.15, 0.2) is 0 Å². The van der Waals surface area contributed by atoms with E-state index in [2.05, 4.69) is 5.32 Å². The third-order valence-electron chi connectivity index (χ3n) is 2.18. The van der Waals surface area contributed by atoms with Gasteiger partial charge in [0.2, 0.25) is 0 Å². The van der Waals surface area contributed by atoms with Gasteiger partial charge in [-0.05, 0) is 18.6 Å². The molecule has 0 saturated carbocycles. The van der Waals surface area contributed by atoms with E-state index in [1.165, 1.54) is 25.1 Å². The Morgan fingerprint density at radius 2 is 1.95 bits per heavy atom. The van der Waals surface area contributed by atoms with Gasteiger partial charge in [-0.25, -0.2) is 9.59 Å². The first-order chi connectivity index (χ1) is 8.70. The number of carboxylic acids is 1. The summed E-state index contributed by atoms with van der Waals surface area (Å²) >= 11 is 0. The van der Waals surface area contributed by atoms with Gasteiger partial charge in [0, 0.05) is 0 Å². The molecule has 3 N–H and O–H groups in total. The molecule has 0 aromatic heterocycles. The van der Waals surface area contributed by atoms with E-state index in [0.29, 0.717) is 5.56 Å². The average Bonchev–Trinajstić information content (AvgIpc) is 2.25. The largest absolute Gasteiger partial charge is 0.478 e. The molecule has 0 aliphatic carbocycles. The number of alkyl halides is 3. The minimum absolute atomic E-state index is 0.0628. The van der Waals surface area contributed by atoms with Crippen molar-refractivity contribution in [3.05, 3.63) is 29.3 Å². The number of carboxylic acid groups (broad SMARTS) is 1. The van der Waals surface area contributed by atoms with E-state index in [4.69, 9.17) is 5.11 Å². The van der Waals surface area contributed by atoms with Crippen LogP contribution in [0.4, 0.5) is 23.7 Å². The van der Waals surface area contributed by atoms with Crippen LogP contribution < -0.4 is 10.6 Å². The SMILES string of the molecule is Cc1cccc(NC(=O)NCC(F)(F)F)c1C(=O)O. The number of aromatic carboxylic acids is 1. The van der Waals surface area contributed by atoms with E-state index in [1.54, 1.807) is 5.32 Å². The third-order valence-corrected chi connectivity index (χ3v) is 2.18. The number of rotatable bonds is 3. The number of amides is 2. The van der Waals surface area contributed by atoms with Crippen molar-refractivity contribution in [1.29, 1.82) is 0 Å². The van der Waals surface area contributed by atoms with Gasteiger partial charge in [-0.15, -0.1) is 0 Å². The van der Waals surface area contributed by atoms with Crippen LogP contribution in [0.2, 0.25) is 0 Å². The number of aryl methyl sites for hydroxylation is 1. The van der Waals surface area contributed by atoms with Crippen LogP contribution in [0.1, 0.15) is 15.9 Å². The molecule has 0 aliphatic heterocycles. The van der Waals surface area contributed by atoms with Crippen LogP contribution in [0.15, 0.2) is 18.2 Å². The molecule has 0 unspecified atom stereocenters. The quantitative estimate of drug-likeness (QED) is 0.793. The summed E-state index contributed by atoms with van der Waals surface area (Å²) in [5.41, 5.74) is 0.165. The zero-order valence-electron chi connectivity index (χ0n) is 9.84. The Kier molecular flexibility index (Phi) is 4.36. The average molecular weight is 276 g/mol. The Morgan fingerprint density at radius 3 is 2.47 bits per heavy atom. The van der Waals surface area contributed by atoms with Crippen molar-refractivity contribution in [1.82, 2.24) is 5.32 Å². The molecule has 0 atom stereocenters. The molecule has 0 saturated heterocycles. The number of hydrogen-bond donors (Lipinski definition) is 3. The van der Waals surface area contributed by atoms with E-state index >= 15 is 0 Å². The summed E-state index contributed by atoms with van der Waals surface area (Å²) in [5.74, 6) is -1.27. The summed E-state index contributed by atoms with van der Waals surface area (Å²) in [4.78, 5) is 22.2. The van der Waals surface area contributed by atoms with Crippen molar-refractivity contribution < 1.29 is 27.9 Å². The second kappa shape index (κ2) is 5.59. The van der Waals surface area contributed by atoms with Crippen LogP contribution >= 0.6 is 0 Å². The predicted molar refractivity (Wildman–Crippen MR) is 61.2 cm³/mol. The maximum atomic E-state index is 11.9. The number of benzene rings is 1. The standard InChI is InChI=1S/C11H11F3N2O3/c1-6-3-2-4-7(8(6)9(17)18)16-10(19)15-5-11(12,13)14/h2-4H,5H2,1H3,(H,17,18)(H2,15,16,19). The Bertz CT molecular complexity index is 500. The number of carbonyl (C=O) groups is 2. The maximum Gasteiger partial charge on any atom is 0.405 e. The van der Waals surface area contributed by atoms with Crippen LogP contribution in [0.3, 0.4) is 0 Å². The van der Waals surface area contributed by atoms with Crippen molar-refractivity contribution in [2.24, 2.45) is 0 Å². The number of halogens is 3. The van der Waals surface area contributed by atoms with Gasteiger partial charge < -0.3 is 15.7 Å². The van der Waals surface area contributed by atoms with E-state index in [0.717, 1.165) is 0 Å². The second-order valence-electron chi connectivity index (χ2n) is 3.73. The molecular weight excluding hydrogens is 265 g/mol. The lowest BCUT2D eigenvalue weighted by Crippen LogP contribution is -2.37. The predicted octanol–water partition coefficient (Wildman–Crippen LogP) is 2.38. The monoisotopic (exact) mass is 276 g/mol. The van der Waals surface area contributed by atoms with Gasteiger partial charge in [0.1, 0.15) is 6.54 Å². The number of urea groups is 1. The Labute approximate surface area is 106 Å². The van der Waals surface area contributed by atoms with Gasteiger partial charge in [-0.1, -0.05) is 12.1 Å². The highest BCUT2D eigenvalue weighted by Crippen LogP contribution is 2.19. The summed E-state index contributed by atoms with van der Waals surface area (Å²) < 4.78 is 35.7. The Balaban J connectivity index is 2.80. The van der Waals surface area contributed by atoms with Crippen LogP contribution in [0, 0.1) is 6.92 Å². The second-order valence-corrected chi connectivity index (χ2v) is 3.73. The van der Waals surface area contributed by atoms with Gasteiger partial charge >= 0.3 is 18.2 Å².